The third-order valence-corrected chi connectivity index (χ3v) is 4.92. The maximum atomic E-state index is 12.8. The Morgan fingerprint density at radius 1 is 1.07 bits per heavy atom. The van der Waals surface area contributed by atoms with Gasteiger partial charge in [-0.1, -0.05) is 28.1 Å². The normalized spacial score (nSPS) is 11.8. The first-order valence-corrected chi connectivity index (χ1v) is 9.87. The lowest BCUT2D eigenvalue weighted by atomic mass is 10.0. The van der Waals surface area contributed by atoms with E-state index in [1.165, 1.54) is 12.1 Å². The summed E-state index contributed by atoms with van der Waals surface area (Å²) in [5, 5.41) is 1.29. The maximum absolute atomic E-state index is 12.8. The van der Waals surface area contributed by atoms with Crippen LogP contribution < -0.4 is 10.2 Å². The lowest BCUT2D eigenvalue weighted by molar-refractivity contribution is -0.137. The van der Waals surface area contributed by atoms with Gasteiger partial charge in [0.2, 0.25) is 0 Å². The Morgan fingerprint density at radius 3 is 2.43 bits per heavy atom. The van der Waals surface area contributed by atoms with Crippen LogP contribution in [0.25, 0.3) is 22.3 Å². The van der Waals surface area contributed by atoms with E-state index in [-0.39, 0.29) is 11.2 Å². The minimum atomic E-state index is -4.41. The number of ether oxygens (including phenoxy) is 1. The van der Waals surface area contributed by atoms with Crippen molar-refractivity contribution < 1.29 is 22.3 Å². The fourth-order valence-corrected chi connectivity index (χ4v) is 3.23. The second-order valence-corrected chi connectivity index (χ2v) is 7.16. The van der Waals surface area contributed by atoms with Crippen molar-refractivity contribution in [2.24, 2.45) is 0 Å². The summed E-state index contributed by atoms with van der Waals surface area (Å²) in [7, 11) is 0. The lowest BCUT2D eigenvalue weighted by Crippen LogP contribution is -2.08. The van der Waals surface area contributed by atoms with Crippen LogP contribution in [0, 0.1) is 6.92 Å². The number of halogens is 4. The number of rotatable bonds is 6. The summed E-state index contributed by atoms with van der Waals surface area (Å²) < 4.78 is 49.8. The first-order chi connectivity index (χ1) is 13.3. The van der Waals surface area contributed by atoms with Crippen LogP contribution in [0.4, 0.5) is 13.2 Å². The molecule has 0 atom stereocenters. The van der Waals surface area contributed by atoms with Gasteiger partial charge in [-0.25, -0.2) is 0 Å². The monoisotopic (exact) mass is 454 g/mol. The Kier molecular flexibility index (Phi) is 6.13. The zero-order valence-electron chi connectivity index (χ0n) is 15.1. The molecule has 7 heteroatoms. The van der Waals surface area contributed by atoms with Gasteiger partial charge in [0, 0.05) is 16.5 Å². The van der Waals surface area contributed by atoms with E-state index in [2.05, 4.69) is 15.9 Å². The van der Waals surface area contributed by atoms with Crippen LogP contribution in [0.3, 0.4) is 0 Å². The molecule has 0 unspecified atom stereocenters. The Bertz CT molecular complexity index is 1020. The fourth-order valence-electron chi connectivity index (χ4n) is 2.83. The minimum Gasteiger partial charge on any atom is -0.494 e. The summed E-state index contributed by atoms with van der Waals surface area (Å²) in [6.07, 6.45) is -2.53. The Morgan fingerprint density at radius 2 is 1.79 bits per heavy atom. The molecule has 0 saturated heterocycles. The van der Waals surface area contributed by atoms with E-state index in [0.29, 0.717) is 34.5 Å². The first-order valence-electron chi connectivity index (χ1n) is 8.75. The van der Waals surface area contributed by atoms with Crippen LogP contribution in [0.15, 0.2) is 51.7 Å². The number of unbranched alkanes of at least 4 members (excludes halogenated alkanes) is 1. The van der Waals surface area contributed by atoms with Crippen molar-refractivity contribution >= 4 is 26.9 Å². The summed E-state index contributed by atoms with van der Waals surface area (Å²) in [4.78, 5) is 12.8. The Balaban J connectivity index is 1.95. The van der Waals surface area contributed by atoms with Crippen molar-refractivity contribution in [2.45, 2.75) is 25.9 Å². The molecule has 0 radical (unpaired) electrons. The topological polar surface area (TPSA) is 39.4 Å². The highest BCUT2D eigenvalue weighted by molar-refractivity contribution is 9.09. The number of hydrogen-bond acceptors (Lipinski definition) is 3. The van der Waals surface area contributed by atoms with Gasteiger partial charge in [0.15, 0.2) is 5.43 Å². The summed E-state index contributed by atoms with van der Waals surface area (Å²) in [6, 6.07) is 9.56. The molecule has 0 aliphatic carbocycles. The molecule has 0 fully saturated rings. The van der Waals surface area contributed by atoms with Gasteiger partial charge in [-0.15, -0.1) is 0 Å². The summed E-state index contributed by atoms with van der Waals surface area (Å²) in [5.74, 6) is 0.841. The average molecular weight is 455 g/mol. The molecule has 0 aliphatic heterocycles. The standard InChI is InChI=1S/C21H18BrF3O3/c1-13-19(26)17-12-16(27-11-3-2-10-22)8-9-18(17)28-20(13)14-4-6-15(7-5-14)21(23,24)25/h4-9,12H,2-3,10-11H2,1H3. The van der Waals surface area contributed by atoms with Crippen molar-refractivity contribution in [3.63, 3.8) is 0 Å². The predicted octanol–water partition coefficient (Wildman–Crippen LogP) is 6.34. The number of alkyl halides is 4. The molecule has 1 heterocycles. The third kappa shape index (κ3) is 4.41. The smallest absolute Gasteiger partial charge is 0.416 e. The number of benzene rings is 2. The molecular weight excluding hydrogens is 437 g/mol. The molecule has 0 saturated carbocycles. The highest BCUT2D eigenvalue weighted by atomic mass is 79.9. The van der Waals surface area contributed by atoms with E-state index >= 15 is 0 Å². The molecule has 1 aromatic heterocycles. The molecule has 3 nitrogen and oxygen atoms in total. The molecular formula is C21H18BrF3O3. The van der Waals surface area contributed by atoms with Crippen molar-refractivity contribution in [2.75, 3.05) is 11.9 Å². The van der Waals surface area contributed by atoms with Gasteiger partial charge in [0.05, 0.1) is 17.6 Å². The van der Waals surface area contributed by atoms with E-state index in [1.807, 2.05) is 0 Å². The van der Waals surface area contributed by atoms with Crippen LogP contribution in [0.5, 0.6) is 5.75 Å². The van der Waals surface area contributed by atoms with Gasteiger partial charge in [0.25, 0.3) is 0 Å². The second-order valence-electron chi connectivity index (χ2n) is 6.36. The van der Waals surface area contributed by atoms with Crippen LogP contribution in [0.2, 0.25) is 0 Å². The highest BCUT2D eigenvalue weighted by Gasteiger charge is 2.30. The zero-order chi connectivity index (χ0) is 20.3. The van der Waals surface area contributed by atoms with Crippen molar-refractivity contribution in [1.29, 1.82) is 0 Å². The largest absolute Gasteiger partial charge is 0.494 e. The average Bonchev–Trinajstić information content (AvgIpc) is 2.68. The molecule has 0 amide bonds. The fraction of sp³-hybridized carbons (Fsp3) is 0.286. The van der Waals surface area contributed by atoms with E-state index in [9.17, 15) is 18.0 Å². The first kappa shape index (κ1) is 20.5. The highest BCUT2D eigenvalue weighted by Crippen LogP contribution is 2.32. The van der Waals surface area contributed by atoms with Crippen molar-refractivity contribution in [3.8, 4) is 17.1 Å². The van der Waals surface area contributed by atoms with Gasteiger partial charge in [-0.3, -0.25) is 4.79 Å². The van der Waals surface area contributed by atoms with Crippen LogP contribution in [-0.4, -0.2) is 11.9 Å². The van der Waals surface area contributed by atoms with Crippen molar-refractivity contribution in [3.05, 3.63) is 63.8 Å². The van der Waals surface area contributed by atoms with E-state index in [1.54, 1.807) is 25.1 Å². The van der Waals surface area contributed by atoms with Gasteiger partial charge in [-0.2, -0.15) is 13.2 Å². The van der Waals surface area contributed by atoms with Crippen LogP contribution >= 0.6 is 15.9 Å². The minimum absolute atomic E-state index is 0.234. The molecule has 0 bridgehead atoms. The Labute approximate surface area is 168 Å². The summed E-state index contributed by atoms with van der Waals surface area (Å²) >= 11 is 3.36. The molecule has 148 valence electrons. The number of hydrogen-bond donors (Lipinski definition) is 0. The van der Waals surface area contributed by atoms with Gasteiger partial charge < -0.3 is 9.15 Å². The SMILES string of the molecule is Cc1c(-c2ccc(C(F)(F)F)cc2)oc2ccc(OCCCCBr)cc2c1=O. The van der Waals surface area contributed by atoms with Crippen molar-refractivity contribution in [1.82, 2.24) is 0 Å². The molecule has 3 aromatic rings. The molecule has 0 spiro atoms. The van der Waals surface area contributed by atoms with Crippen LogP contribution in [0.1, 0.15) is 24.0 Å². The molecule has 3 rings (SSSR count). The number of fused-ring (bicyclic) bond motifs is 1. The van der Waals surface area contributed by atoms with Crippen LogP contribution in [-0.2, 0) is 6.18 Å². The van der Waals surface area contributed by atoms with Gasteiger partial charge in [-0.05, 0) is 50.1 Å². The molecule has 28 heavy (non-hydrogen) atoms. The maximum Gasteiger partial charge on any atom is 0.416 e. The van der Waals surface area contributed by atoms with E-state index < -0.39 is 11.7 Å². The second kappa shape index (κ2) is 8.39. The predicted molar refractivity (Wildman–Crippen MR) is 106 cm³/mol. The Hall–Kier alpha value is -2.28. The molecule has 2 aromatic carbocycles. The third-order valence-electron chi connectivity index (χ3n) is 4.36. The van der Waals surface area contributed by atoms with E-state index in [0.717, 1.165) is 30.3 Å². The molecule has 0 N–H and O–H groups in total. The van der Waals surface area contributed by atoms with Gasteiger partial charge in [0.1, 0.15) is 17.1 Å². The quantitative estimate of drug-likeness (QED) is 0.322. The van der Waals surface area contributed by atoms with E-state index in [4.69, 9.17) is 9.15 Å². The lowest BCUT2D eigenvalue weighted by Gasteiger charge is -2.11. The zero-order valence-corrected chi connectivity index (χ0v) is 16.7. The van der Waals surface area contributed by atoms with Gasteiger partial charge >= 0.3 is 6.18 Å². The summed E-state index contributed by atoms with van der Waals surface area (Å²) in [6.45, 7) is 2.15. The molecule has 0 aliphatic rings. The summed E-state index contributed by atoms with van der Waals surface area (Å²) in [5.41, 5.74) is 0.127.